The summed E-state index contributed by atoms with van der Waals surface area (Å²) in [5, 5.41) is 0. The number of anilines is 1. The van der Waals surface area contributed by atoms with Gasteiger partial charge in [-0.15, -0.1) is 0 Å². The van der Waals surface area contributed by atoms with Crippen LogP contribution in [0.25, 0.3) is 0 Å². The minimum atomic E-state index is 0.0731. The quantitative estimate of drug-likeness (QED) is 0.765. The highest BCUT2D eigenvalue weighted by Gasteiger charge is 2.19. The second kappa shape index (κ2) is 6.08. The van der Waals surface area contributed by atoms with Gasteiger partial charge in [-0.05, 0) is 17.7 Å². The number of allylic oxidation sites excluding steroid dienone is 2. The number of nitrogens with zero attached hydrogens (tertiary/aromatic N) is 1. The SMILES string of the molecule is C=C/C1=C(\C=C)CN(C(=O)CC)c2ccccc2C#C1. The van der Waals surface area contributed by atoms with E-state index in [0.29, 0.717) is 13.0 Å². The van der Waals surface area contributed by atoms with Crippen LogP contribution < -0.4 is 4.90 Å². The number of hydrogen-bond acceptors (Lipinski definition) is 1. The Morgan fingerprint density at radius 3 is 2.70 bits per heavy atom. The van der Waals surface area contributed by atoms with Gasteiger partial charge in [-0.25, -0.2) is 0 Å². The van der Waals surface area contributed by atoms with E-state index in [0.717, 1.165) is 22.4 Å². The van der Waals surface area contributed by atoms with Gasteiger partial charge in [-0.3, -0.25) is 4.79 Å². The Labute approximate surface area is 120 Å². The van der Waals surface area contributed by atoms with Gasteiger partial charge in [0.2, 0.25) is 5.91 Å². The number of hydrogen-bond donors (Lipinski definition) is 0. The first kappa shape index (κ1) is 13.9. The first-order valence-corrected chi connectivity index (χ1v) is 6.60. The van der Waals surface area contributed by atoms with Crippen molar-refractivity contribution in [1.82, 2.24) is 0 Å². The number of carbonyl (C=O) groups is 1. The molecular formula is C18H17NO. The van der Waals surface area contributed by atoms with Crippen LogP contribution in [0.3, 0.4) is 0 Å². The van der Waals surface area contributed by atoms with E-state index in [4.69, 9.17) is 0 Å². The van der Waals surface area contributed by atoms with Crippen LogP contribution >= 0.6 is 0 Å². The molecule has 2 rings (SSSR count). The predicted octanol–water partition coefficient (Wildman–Crippen LogP) is 3.46. The molecule has 0 saturated heterocycles. The lowest BCUT2D eigenvalue weighted by Crippen LogP contribution is -2.33. The molecule has 0 aliphatic carbocycles. The largest absolute Gasteiger partial charge is 0.307 e. The van der Waals surface area contributed by atoms with Gasteiger partial charge < -0.3 is 4.90 Å². The Morgan fingerprint density at radius 1 is 1.30 bits per heavy atom. The van der Waals surface area contributed by atoms with E-state index in [1.165, 1.54) is 0 Å². The summed E-state index contributed by atoms with van der Waals surface area (Å²) in [6, 6.07) is 7.70. The number of fused-ring (bicyclic) bond motifs is 1. The second-order valence-electron chi connectivity index (χ2n) is 4.45. The maximum absolute atomic E-state index is 12.2. The average Bonchev–Trinajstić information content (AvgIpc) is 2.48. The van der Waals surface area contributed by atoms with Crippen molar-refractivity contribution in [1.29, 1.82) is 0 Å². The van der Waals surface area contributed by atoms with Gasteiger partial charge in [0.15, 0.2) is 0 Å². The van der Waals surface area contributed by atoms with Crippen LogP contribution in [0.1, 0.15) is 18.9 Å². The molecule has 0 fully saturated rings. The molecule has 1 aromatic rings. The Bertz CT molecular complexity index is 655. The molecule has 0 N–H and O–H groups in total. The van der Waals surface area contributed by atoms with Crippen molar-refractivity contribution in [3.05, 3.63) is 66.3 Å². The highest BCUT2D eigenvalue weighted by Crippen LogP contribution is 2.24. The van der Waals surface area contributed by atoms with E-state index in [1.54, 1.807) is 17.1 Å². The van der Waals surface area contributed by atoms with Crippen molar-refractivity contribution in [3.63, 3.8) is 0 Å². The highest BCUT2D eigenvalue weighted by molar-refractivity contribution is 5.95. The first-order valence-electron chi connectivity index (χ1n) is 6.60. The van der Waals surface area contributed by atoms with E-state index in [-0.39, 0.29) is 5.91 Å². The van der Waals surface area contributed by atoms with E-state index in [2.05, 4.69) is 25.0 Å². The molecule has 1 amide bonds. The van der Waals surface area contributed by atoms with Crippen molar-refractivity contribution in [2.24, 2.45) is 0 Å². The lowest BCUT2D eigenvalue weighted by atomic mass is 10.0. The van der Waals surface area contributed by atoms with Gasteiger partial charge >= 0.3 is 0 Å². The van der Waals surface area contributed by atoms with Crippen molar-refractivity contribution in [2.45, 2.75) is 13.3 Å². The van der Waals surface area contributed by atoms with E-state index >= 15 is 0 Å². The number of amides is 1. The van der Waals surface area contributed by atoms with E-state index in [1.807, 2.05) is 31.2 Å². The predicted molar refractivity (Wildman–Crippen MR) is 83.4 cm³/mol. The topological polar surface area (TPSA) is 20.3 Å². The molecule has 0 unspecified atom stereocenters. The lowest BCUT2D eigenvalue weighted by Gasteiger charge is -2.25. The normalized spacial score (nSPS) is 17.1. The lowest BCUT2D eigenvalue weighted by molar-refractivity contribution is -0.118. The summed E-state index contributed by atoms with van der Waals surface area (Å²) in [7, 11) is 0. The van der Waals surface area contributed by atoms with Crippen LogP contribution in [0.4, 0.5) is 5.69 Å². The molecule has 0 saturated carbocycles. The zero-order valence-corrected chi connectivity index (χ0v) is 11.6. The third kappa shape index (κ3) is 2.57. The van der Waals surface area contributed by atoms with Gasteiger partial charge in [0.05, 0.1) is 12.2 Å². The number of carbonyl (C=O) groups excluding carboxylic acids is 1. The minimum Gasteiger partial charge on any atom is -0.307 e. The average molecular weight is 263 g/mol. The molecule has 100 valence electrons. The van der Waals surface area contributed by atoms with E-state index in [9.17, 15) is 4.79 Å². The van der Waals surface area contributed by atoms with E-state index < -0.39 is 0 Å². The summed E-state index contributed by atoms with van der Waals surface area (Å²) in [5.74, 6) is 6.30. The Kier molecular flexibility index (Phi) is 4.22. The number of benzene rings is 1. The van der Waals surface area contributed by atoms with Gasteiger partial charge in [-0.1, -0.05) is 56.2 Å². The van der Waals surface area contributed by atoms with Crippen LogP contribution in [-0.4, -0.2) is 12.5 Å². The van der Waals surface area contributed by atoms with Crippen LogP contribution in [0, 0.1) is 11.8 Å². The van der Waals surface area contributed by atoms with Gasteiger partial charge in [0.25, 0.3) is 0 Å². The molecule has 1 aliphatic rings. The molecule has 1 aliphatic heterocycles. The summed E-state index contributed by atoms with van der Waals surface area (Å²) in [6.45, 7) is 9.95. The van der Waals surface area contributed by atoms with Crippen molar-refractivity contribution >= 4 is 11.6 Å². The fourth-order valence-corrected chi connectivity index (χ4v) is 2.14. The first-order chi connectivity index (χ1) is 9.71. The molecule has 20 heavy (non-hydrogen) atoms. The molecule has 0 spiro atoms. The summed E-state index contributed by atoms with van der Waals surface area (Å²) >= 11 is 0. The van der Waals surface area contributed by atoms with Gasteiger partial charge in [0, 0.05) is 17.6 Å². The van der Waals surface area contributed by atoms with Crippen LogP contribution in [0.15, 0.2) is 60.7 Å². The molecular weight excluding hydrogens is 246 g/mol. The van der Waals surface area contributed by atoms with Crippen LogP contribution in [0.5, 0.6) is 0 Å². The fraction of sp³-hybridized carbons (Fsp3) is 0.167. The maximum Gasteiger partial charge on any atom is 0.227 e. The molecule has 0 bridgehead atoms. The summed E-state index contributed by atoms with van der Waals surface area (Å²) in [6.07, 6.45) is 3.91. The van der Waals surface area contributed by atoms with Crippen LogP contribution in [-0.2, 0) is 4.79 Å². The Hall–Kier alpha value is -2.53. The van der Waals surface area contributed by atoms with Crippen molar-refractivity contribution < 1.29 is 4.79 Å². The standard InChI is InChI=1S/C18H17NO/c1-4-14-11-12-16-9-7-8-10-17(16)19(18(20)6-3)13-15(14)5-2/h4-5,7-10H,1-2,6,13H2,3H3/b15-14-. The summed E-state index contributed by atoms with van der Waals surface area (Å²) in [4.78, 5) is 14.0. The van der Waals surface area contributed by atoms with Crippen molar-refractivity contribution in [2.75, 3.05) is 11.4 Å². The molecule has 0 atom stereocenters. The molecule has 0 aromatic heterocycles. The van der Waals surface area contributed by atoms with Gasteiger partial charge in [0.1, 0.15) is 0 Å². The molecule has 2 heteroatoms. The summed E-state index contributed by atoms with van der Waals surface area (Å²) in [5.41, 5.74) is 3.46. The molecule has 0 radical (unpaired) electrons. The van der Waals surface area contributed by atoms with Gasteiger partial charge in [-0.2, -0.15) is 0 Å². The maximum atomic E-state index is 12.2. The smallest absolute Gasteiger partial charge is 0.227 e. The highest BCUT2D eigenvalue weighted by atomic mass is 16.2. The Morgan fingerprint density at radius 2 is 2.05 bits per heavy atom. The second-order valence-corrected chi connectivity index (χ2v) is 4.45. The number of para-hydroxylation sites is 1. The summed E-state index contributed by atoms with van der Waals surface area (Å²) < 4.78 is 0. The Balaban J connectivity index is 2.65. The van der Waals surface area contributed by atoms with Crippen LogP contribution in [0.2, 0.25) is 0 Å². The number of rotatable bonds is 3. The monoisotopic (exact) mass is 263 g/mol. The molecule has 1 heterocycles. The third-order valence-electron chi connectivity index (χ3n) is 3.26. The fourth-order valence-electron chi connectivity index (χ4n) is 2.14. The van der Waals surface area contributed by atoms with Crippen molar-refractivity contribution in [3.8, 4) is 11.8 Å². The molecule has 1 aromatic carbocycles. The zero-order valence-electron chi connectivity index (χ0n) is 11.6. The zero-order chi connectivity index (χ0) is 14.5. The third-order valence-corrected chi connectivity index (χ3v) is 3.26. The minimum absolute atomic E-state index is 0.0731. The molecule has 2 nitrogen and oxygen atoms in total.